The molecule has 0 aromatic heterocycles. The van der Waals surface area contributed by atoms with Gasteiger partial charge in [0, 0.05) is 5.92 Å². The quantitative estimate of drug-likeness (QED) is 0.644. The summed E-state index contributed by atoms with van der Waals surface area (Å²) in [5.41, 5.74) is 1.81. The smallest absolute Gasteiger partial charge is 0.187 e. The van der Waals surface area contributed by atoms with Crippen LogP contribution in [0.25, 0.3) is 0 Å². The summed E-state index contributed by atoms with van der Waals surface area (Å²) in [5, 5.41) is 9.58. The average molecular weight is 168 g/mol. The Balaban J connectivity index is 2.99. The predicted octanol–water partition coefficient (Wildman–Crippen LogP) is 1.54. The van der Waals surface area contributed by atoms with Gasteiger partial charge in [0.25, 0.3) is 0 Å². The van der Waals surface area contributed by atoms with Gasteiger partial charge < -0.3 is 5.11 Å². The molecule has 0 fully saturated rings. The number of Topliss-reactive ketones (excluding diaryl/α,β-unsaturated/α-hetero) is 1. The highest BCUT2D eigenvalue weighted by molar-refractivity contribution is 6.02. The summed E-state index contributed by atoms with van der Waals surface area (Å²) in [7, 11) is 0. The lowest BCUT2D eigenvalue weighted by Gasteiger charge is -2.19. The molecule has 1 N–H and O–H groups in total. The van der Waals surface area contributed by atoms with Crippen molar-refractivity contribution in [2.24, 2.45) is 11.8 Å². The standard InChI is InChI=1S/C10H16O2/c1-5(2)8-6(3)7(4)9(11)10(8)12/h5,8,10,12H,1-4H3/t8-,10+/m0/s1. The molecule has 68 valence electrons. The third-order valence-corrected chi connectivity index (χ3v) is 2.79. The second-order valence-corrected chi connectivity index (χ2v) is 3.89. The molecular formula is C10H16O2. The number of hydrogen-bond acceptors (Lipinski definition) is 2. The van der Waals surface area contributed by atoms with Crippen LogP contribution in [0.3, 0.4) is 0 Å². The van der Waals surface area contributed by atoms with E-state index in [1.807, 2.05) is 20.8 Å². The Bertz CT molecular complexity index is 238. The molecule has 12 heavy (non-hydrogen) atoms. The maximum Gasteiger partial charge on any atom is 0.187 e. The van der Waals surface area contributed by atoms with Gasteiger partial charge in [-0.1, -0.05) is 19.4 Å². The highest BCUT2D eigenvalue weighted by atomic mass is 16.3. The van der Waals surface area contributed by atoms with Crippen LogP contribution in [0.15, 0.2) is 11.1 Å². The van der Waals surface area contributed by atoms with Crippen LogP contribution >= 0.6 is 0 Å². The number of carbonyl (C=O) groups is 1. The molecule has 0 aromatic rings. The Morgan fingerprint density at radius 3 is 2.00 bits per heavy atom. The molecule has 1 aliphatic rings. The molecule has 0 saturated carbocycles. The minimum Gasteiger partial charge on any atom is -0.384 e. The van der Waals surface area contributed by atoms with E-state index in [-0.39, 0.29) is 11.7 Å². The summed E-state index contributed by atoms with van der Waals surface area (Å²) < 4.78 is 0. The normalized spacial score (nSPS) is 30.7. The van der Waals surface area contributed by atoms with Gasteiger partial charge in [0.15, 0.2) is 5.78 Å². The maximum atomic E-state index is 11.3. The van der Waals surface area contributed by atoms with E-state index in [9.17, 15) is 9.90 Å². The Morgan fingerprint density at radius 1 is 1.33 bits per heavy atom. The zero-order chi connectivity index (χ0) is 9.46. The van der Waals surface area contributed by atoms with Gasteiger partial charge in [-0.05, 0) is 25.3 Å². The van der Waals surface area contributed by atoms with Gasteiger partial charge in [0.2, 0.25) is 0 Å². The molecule has 0 aromatic carbocycles. The fourth-order valence-corrected chi connectivity index (χ4v) is 1.93. The second-order valence-electron chi connectivity index (χ2n) is 3.89. The van der Waals surface area contributed by atoms with Gasteiger partial charge in [0.1, 0.15) is 6.10 Å². The minimum absolute atomic E-state index is 0.0394. The molecule has 0 bridgehead atoms. The first-order valence-corrected chi connectivity index (χ1v) is 4.36. The van der Waals surface area contributed by atoms with E-state index in [1.165, 1.54) is 0 Å². The summed E-state index contributed by atoms with van der Waals surface area (Å²) >= 11 is 0. The monoisotopic (exact) mass is 168 g/mol. The van der Waals surface area contributed by atoms with E-state index in [2.05, 4.69) is 0 Å². The van der Waals surface area contributed by atoms with Crippen molar-refractivity contribution in [2.75, 3.05) is 0 Å². The summed E-state index contributed by atoms with van der Waals surface area (Å²) in [6, 6.07) is 0. The molecule has 1 rings (SSSR count). The third-order valence-electron chi connectivity index (χ3n) is 2.79. The summed E-state index contributed by atoms with van der Waals surface area (Å²) in [5.74, 6) is 0.282. The van der Waals surface area contributed by atoms with Crippen molar-refractivity contribution >= 4 is 5.78 Å². The lowest BCUT2D eigenvalue weighted by molar-refractivity contribution is -0.124. The summed E-state index contributed by atoms with van der Waals surface area (Å²) in [6.45, 7) is 7.80. The Hall–Kier alpha value is -0.630. The molecule has 0 aliphatic heterocycles. The van der Waals surface area contributed by atoms with Crippen LogP contribution in [0.2, 0.25) is 0 Å². The average Bonchev–Trinajstić information content (AvgIpc) is 2.16. The maximum absolute atomic E-state index is 11.3. The molecule has 1 aliphatic carbocycles. The first-order valence-electron chi connectivity index (χ1n) is 4.36. The van der Waals surface area contributed by atoms with Crippen LogP contribution in [0.1, 0.15) is 27.7 Å². The molecule has 2 heteroatoms. The number of ketones is 1. The van der Waals surface area contributed by atoms with Crippen LogP contribution in [-0.2, 0) is 4.79 Å². The van der Waals surface area contributed by atoms with E-state index in [0.29, 0.717) is 5.92 Å². The van der Waals surface area contributed by atoms with Gasteiger partial charge in [0.05, 0.1) is 0 Å². The van der Waals surface area contributed by atoms with Gasteiger partial charge >= 0.3 is 0 Å². The lowest BCUT2D eigenvalue weighted by atomic mass is 9.88. The molecule has 0 amide bonds. The third kappa shape index (κ3) is 1.20. The van der Waals surface area contributed by atoms with Crippen LogP contribution in [0.4, 0.5) is 0 Å². The molecule has 0 spiro atoms. The Kier molecular flexibility index (Phi) is 2.38. The molecule has 0 saturated heterocycles. The van der Waals surface area contributed by atoms with Crippen molar-refractivity contribution in [1.29, 1.82) is 0 Å². The summed E-state index contributed by atoms with van der Waals surface area (Å²) in [4.78, 5) is 11.3. The zero-order valence-corrected chi connectivity index (χ0v) is 8.09. The van der Waals surface area contributed by atoms with E-state index in [4.69, 9.17) is 0 Å². The van der Waals surface area contributed by atoms with Gasteiger partial charge in [-0.15, -0.1) is 0 Å². The Morgan fingerprint density at radius 2 is 1.83 bits per heavy atom. The molecule has 2 nitrogen and oxygen atoms in total. The van der Waals surface area contributed by atoms with Gasteiger partial charge in [-0.25, -0.2) is 0 Å². The molecule has 2 atom stereocenters. The van der Waals surface area contributed by atoms with Crippen LogP contribution in [0, 0.1) is 11.8 Å². The molecule has 0 heterocycles. The lowest BCUT2D eigenvalue weighted by Crippen LogP contribution is -2.27. The van der Waals surface area contributed by atoms with Crippen molar-refractivity contribution in [3.05, 3.63) is 11.1 Å². The van der Waals surface area contributed by atoms with Crippen molar-refractivity contribution in [1.82, 2.24) is 0 Å². The topological polar surface area (TPSA) is 37.3 Å². The van der Waals surface area contributed by atoms with Gasteiger partial charge in [-0.3, -0.25) is 4.79 Å². The van der Waals surface area contributed by atoms with E-state index in [0.717, 1.165) is 11.1 Å². The number of aliphatic hydroxyl groups is 1. The van der Waals surface area contributed by atoms with Gasteiger partial charge in [-0.2, -0.15) is 0 Å². The van der Waals surface area contributed by atoms with E-state index < -0.39 is 6.10 Å². The second kappa shape index (κ2) is 3.02. The fraction of sp³-hybridized carbons (Fsp3) is 0.700. The Labute approximate surface area is 73.3 Å². The van der Waals surface area contributed by atoms with Crippen molar-refractivity contribution in [3.63, 3.8) is 0 Å². The summed E-state index contributed by atoms with van der Waals surface area (Å²) in [6.07, 6.45) is -0.787. The van der Waals surface area contributed by atoms with Crippen molar-refractivity contribution in [3.8, 4) is 0 Å². The zero-order valence-electron chi connectivity index (χ0n) is 8.09. The number of aliphatic hydroxyl groups excluding tert-OH is 1. The SMILES string of the molecule is CC1=C(C)[C@H](C(C)C)[C@@H](O)C1=O. The predicted molar refractivity (Wildman–Crippen MR) is 47.7 cm³/mol. The van der Waals surface area contributed by atoms with Crippen LogP contribution in [-0.4, -0.2) is 17.0 Å². The fourth-order valence-electron chi connectivity index (χ4n) is 1.93. The molecule has 0 radical (unpaired) electrons. The molecule has 0 unspecified atom stereocenters. The number of rotatable bonds is 1. The van der Waals surface area contributed by atoms with Crippen LogP contribution in [0.5, 0.6) is 0 Å². The first kappa shape index (κ1) is 9.46. The largest absolute Gasteiger partial charge is 0.384 e. The minimum atomic E-state index is -0.787. The first-order chi connectivity index (χ1) is 5.46. The number of hydrogen-bond donors (Lipinski definition) is 1. The van der Waals surface area contributed by atoms with E-state index >= 15 is 0 Å². The molecular weight excluding hydrogens is 152 g/mol. The highest BCUT2D eigenvalue weighted by Crippen LogP contribution is 2.34. The van der Waals surface area contributed by atoms with Crippen molar-refractivity contribution in [2.45, 2.75) is 33.8 Å². The highest BCUT2D eigenvalue weighted by Gasteiger charge is 2.37. The number of carbonyl (C=O) groups excluding carboxylic acids is 1. The van der Waals surface area contributed by atoms with E-state index in [1.54, 1.807) is 6.92 Å². The van der Waals surface area contributed by atoms with Crippen molar-refractivity contribution < 1.29 is 9.90 Å². The van der Waals surface area contributed by atoms with Crippen LogP contribution < -0.4 is 0 Å².